The van der Waals surface area contributed by atoms with Crippen LogP contribution in [0.25, 0.3) is 0 Å². The molecule has 1 aromatic rings. The van der Waals surface area contributed by atoms with Crippen LogP contribution in [0.4, 0.5) is 0 Å². The maximum atomic E-state index is 10.7. The van der Waals surface area contributed by atoms with Gasteiger partial charge in [-0.05, 0) is 25.9 Å². The van der Waals surface area contributed by atoms with Gasteiger partial charge in [-0.2, -0.15) is 0 Å². The van der Waals surface area contributed by atoms with Gasteiger partial charge in [0, 0.05) is 13.0 Å². The van der Waals surface area contributed by atoms with Crippen LogP contribution in [0.3, 0.4) is 0 Å². The van der Waals surface area contributed by atoms with Crippen LogP contribution < -0.4 is 0 Å². The van der Waals surface area contributed by atoms with Crippen LogP contribution in [0.5, 0.6) is 0 Å². The second-order valence-electron chi connectivity index (χ2n) is 4.08. The molecule has 0 saturated carbocycles. The van der Waals surface area contributed by atoms with Gasteiger partial charge in [-0.1, -0.05) is 6.42 Å². The minimum Gasteiger partial charge on any atom is -0.477 e. The Hall–Kier alpha value is -0.940. The van der Waals surface area contributed by atoms with Crippen molar-refractivity contribution >= 4 is 17.3 Å². The molecule has 5 heteroatoms. The quantitative estimate of drug-likeness (QED) is 0.873. The van der Waals surface area contributed by atoms with Gasteiger partial charge in [0.25, 0.3) is 0 Å². The molecule has 1 aliphatic heterocycles. The van der Waals surface area contributed by atoms with Crippen LogP contribution >= 0.6 is 11.3 Å². The number of rotatable bonds is 4. The SMILES string of the molecule is O=C(O)c1cnc(CCN2CCCCC2)s1. The fourth-order valence-corrected chi connectivity index (χ4v) is 2.71. The molecule has 1 N–H and O–H groups in total. The van der Waals surface area contributed by atoms with E-state index >= 15 is 0 Å². The number of thiazole rings is 1. The van der Waals surface area contributed by atoms with E-state index in [-0.39, 0.29) is 0 Å². The number of aromatic carboxylic acids is 1. The molecule has 88 valence electrons. The van der Waals surface area contributed by atoms with Crippen LogP contribution in [0.15, 0.2) is 6.20 Å². The summed E-state index contributed by atoms with van der Waals surface area (Å²) < 4.78 is 0. The van der Waals surface area contributed by atoms with Crippen molar-refractivity contribution < 1.29 is 9.90 Å². The number of nitrogens with zero attached hydrogens (tertiary/aromatic N) is 2. The number of carbonyl (C=O) groups is 1. The lowest BCUT2D eigenvalue weighted by molar-refractivity contribution is 0.0702. The van der Waals surface area contributed by atoms with E-state index in [4.69, 9.17) is 5.11 Å². The van der Waals surface area contributed by atoms with Crippen LogP contribution in [-0.4, -0.2) is 40.6 Å². The third kappa shape index (κ3) is 3.02. The van der Waals surface area contributed by atoms with E-state index in [1.165, 1.54) is 49.9 Å². The van der Waals surface area contributed by atoms with Gasteiger partial charge in [0.05, 0.1) is 11.2 Å². The van der Waals surface area contributed by atoms with Gasteiger partial charge in [0.1, 0.15) is 4.88 Å². The highest BCUT2D eigenvalue weighted by molar-refractivity contribution is 7.13. The van der Waals surface area contributed by atoms with E-state index in [0.717, 1.165) is 18.0 Å². The van der Waals surface area contributed by atoms with Crippen molar-refractivity contribution in [2.45, 2.75) is 25.7 Å². The fraction of sp³-hybridized carbons (Fsp3) is 0.636. The van der Waals surface area contributed by atoms with Crippen molar-refractivity contribution in [3.8, 4) is 0 Å². The summed E-state index contributed by atoms with van der Waals surface area (Å²) in [5.41, 5.74) is 0. The highest BCUT2D eigenvalue weighted by Crippen LogP contribution is 2.15. The first-order chi connectivity index (χ1) is 7.75. The molecule has 1 saturated heterocycles. The Morgan fingerprint density at radius 1 is 1.44 bits per heavy atom. The molecule has 0 aromatic carbocycles. The Labute approximate surface area is 98.9 Å². The lowest BCUT2D eigenvalue weighted by Crippen LogP contribution is -2.31. The van der Waals surface area contributed by atoms with Gasteiger partial charge < -0.3 is 10.0 Å². The van der Waals surface area contributed by atoms with Gasteiger partial charge in [-0.3, -0.25) is 0 Å². The molecule has 0 bridgehead atoms. The van der Waals surface area contributed by atoms with Gasteiger partial charge in [-0.15, -0.1) is 11.3 Å². The monoisotopic (exact) mass is 240 g/mol. The Balaban J connectivity index is 1.81. The normalized spacial score (nSPS) is 17.5. The van der Waals surface area contributed by atoms with Crippen molar-refractivity contribution in [3.63, 3.8) is 0 Å². The van der Waals surface area contributed by atoms with E-state index in [9.17, 15) is 4.79 Å². The number of carboxylic acid groups (broad SMARTS) is 1. The summed E-state index contributed by atoms with van der Waals surface area (Å²) in [6.45, 7) is 3.36. The molecule has 0 unspecified atom stereocenters. The fourth-order valence-electron chi connectivity index (χ4n) is 1.96. The molecule has 1 aliphatic rings. The summed E-state index contributed by atoms with van der Waals surface area (Å²) in [6, 6.07) is 0. The zero-order valence-electron chi connectivity index (χ0n) is 9.19. The van der Waals surface area contributed by atoms with Crippen LogP contribution in [0.1, 0.15) is 33.9 Å². The maximum absolute atomic E-state index is 10.7. The number of carboxylic acids is 1. The molecule has 2 heterocycles. The van der Waals surface area contributed by atoms with E-state index in [1.807, 2.05) is 0 Å². The molecule has 0 amide bonds. The summed E-state index contributed by atoms with van der Waals surface area (Å²) in [5, 5.41) is 9.71. The molecule has 0 aliphatic carbocycles. The summed E-state index contributed by atoms with van der Waals surface area (Å²) >= 11 is 1.29. The molecule has 0 spiro atoms. The second kappa shape index (κ2) is 5.41. The number of hydrogen-bond donors (Lipinski definition) is 1. The van der Waals surface area contributed by atoms with Crippen molar-refractivity contribution in [3.05, 3.63) is 16.1 Å². The Kier molecular flexibility index (Phi) is 3.90. The van der Waals surface area contributed by atoms with E-state index in [0.29, 0.717) is 4.88 Å². The van der Waals surface area contributed by atoms with Gasteiger partial charge in [0.15, 0.2) is 0 Å². The van der Waals surface area contributed by atoms with Crippen LogP contribution in [0.2, 0.25) is 0 Å². The second-order valence-corrected chi connectivity index (χ2v) is 5.19. The van der Waals surface area contributed by atoms with Gasteiger partial charge >= 0.3 is 5.97 Å². The molecule has 4 nitrogen and oxygen atoms in total. The van der Waals surface area contributed by atoms with E-state index < -0.39 is 5.97 Å². The van der Waals surface area contributed by atoms with Gasteiger partial charge in [-0.25, -0.2) is 9.78 Å². The highest BCUT2D eigenvalue weighted by Gasteiger charge is 2.12. The molecule has 16 heavy (non-hydrogen) atoms. The first-order valence-corrected chi connectivity index (χ1v) is 6.48. The molecule has 0 radical (unpaired) electrons. The lowest BCUT2D eigenvalue weighted by atomic mass is 10.1. The number of piperidine rings is 1. The standard InChI is InChI=1S/C11H16N2O2S/c14-11(15)9-8-12-10(16-9)4-7-13-5-2-1-3-6-13/h8H,1-7H2,(H,14,15). The third-order valence-electron chi connectivity index (χ3n) is 2.85. The van der Waals surface area contributed by atoms with Crippen LogP contribution in [0, 0.1) is 0 Å². The number of likely N-dealkylation sites (tertiary alicyclic amines) is 1. The topological polar surface area (TPSA) is 53.4 Å². The third-order valence-corrected chi connectivity index (χ3v) is 3.90. The largest absolute Gasteiger partial charge is 0.477 e. The average molecular weight is 240 g/mol. The highest BCUT2D eigenvalue weighted by atomic mass is 32.1. The molecular formula is C11H16N2O2S. The molecular weight excluding hydrogens is 224 g/mol. The Bertz CT molecular complexity index is 359. The summed E-state index contributed by atoms with van der Waals surface area (Å²) in [7, 11) is 0. The molecule has 1 fully saturated rings. The van der Waals surface area contributed by atoms with Crippen molar-refractivity contribution in [1.29, 1.82) is 0 Å². The summed E-state index contributed by atoms with van der Waals surface area (Å²) in [5.74, 6) is -0.873. The van der Waals surface area contributed by atoms with Crippen LogP contribution in [-0.2, 0) is 6.42 Å². The Morgan fingerprint density at radius 3 is 2.81 bits per heavy atom. The number of aromatic nitrogens is 1. The minimum atomic E-state index is -0.873. The average Bonchev–Trinajstić information content (AvgIpc) is 2.76. The first-order valence-electron chi connectivity index (χ1n) is 5.66. The number of hydrogen-bond acceptors (Lipinski definition) is 4. The first kappa shape index (κ1) is 11.5. The van der Waals surface area contributed by atoms with Crippen molar-refractivity contribution in [1.82, 2.24) is 9.88 Å². The predicted molar refractivity (Wildman–Crippen MR) is 63.1 cm³/mol. The zero-order chi connectivity index (χ0) is 11.4. The summed E-state index contributed by atoms with van der Waals surface area (Å²) in [6.07, 6.45) is 6.25. The maximum Gasteiger partial charge on any atom is 0.347 e. The van der Waals surface area contributed by atoms with Crippen molar-refractivity contribution in [2.75, 3.05) is 19.6 Å². The van der Waals surface area contributed by atoms with E-state index in [1.54, 1.807) is 0 Å². The van der Waals surface area contributed by atoms with Gasteiger partial charge in [0.2, 0.25) is 0 Å². The summed E-state index contributed by atoms with van der Waals surface area (Å²) in [4.78, 5) is 17.6. The zero-order valence-corrected chi connectivity index (χ0v) is 10.0. The smallest absolute Gasteiger partial charge is 0.347 e. The molecule has 1 aromatic heterocycles. The van der Waals surface area contributed by atoms with Crippen molar-refractivity contribution in [2.24, 2.45) is 0 Å². The molecule has 2 rings (SSSR count). The minimum absolute atomic E-state index is 0.341. The Morgan fingerprint density at radius 2 is 2.19 bits per heavy atom. The van der Waals surface area contributed by atoms with E-state index in [2.05, 4.69) is 9.88 Å². The molecule has 0 atom stereocenters. The predicted octanol–water partition coefficient (Wildman–Crippen LogP) is 1.87. The lowest BCUT2D eigenvalue weighted by Gasteiger charge is -2.25.